The number of benzene rings is 1. The van der Waals surface area contributed by atoms with Crippen molar-refractivity contribution in [3.05, 3.63) is 29.8 Å². The number of amides is 1. The van der Waals surface area contributed by atoms with Crippen LogP contribution in [0.4, 0.5) is 8.78 Å². The van der Waals surface area contributed by atoms with Crippen molar-refractivity contribution in [3.63, 3.8) is 0 Å². The van der Waals surface area contributed by atoms with Gasteiger partial charge in [-0.25, -0.2) is 0 Å². The Balaban J connectivity index is 0.00000400. The van der Waals surface area contributed by atoms with Crippen LogP contribution in [0.5, 0.6) is 5.75 Å². The highest BCUT2D eigenvalue weighted by Crippen LogP contribution is 2.26. The van der Waals surface area contributed by atoms with Crippen molar-refractivity contribution in [1.82, 2.24) is 5.32 Å². The van der Waals surface area contributed by atoms with E-state index in [-0.39, 0.29) is 30.0 Å². The highest BCUT2D eigenvalue weighted by Gasteiger charge is 2.21. The lowest BCUT2D eigenvalue weighted by Crippen LogP contribution is -2.44. The minimum Gasteiger partial charge on any atom is -0.434 e. The van der Waals surface area contributed by atoms with E-state index in [0.717, 1.165) is 0 Å². The van der Waals surface area contributed by atoms with Gasteiger partial charge in [0.25, 0.3) is 0 Å². The number of hydrogen-bond acceptors (Lipinski definition) is 3. The molecule has 0 spiro atoms. The first kappa shape index (κ1) is 19.6. The van der Waals surface area contributed by atoms with Gasteiger partial charge in [0, 0.05) is 5.56 Å². The topological polar surface area (TPSA) is 64.4 Å². The zero-order chi connectivity index (χ0) is 15.3. The van der Waals surface area contributed by atoms with E-state index in [0.29, 0.717) is 5.56 Å². The molecule has 120 valence electrons. The molecule has 0 bridgehead atoms. The molecule has 1 aromatic rings. The summed E-state index contributed by atoms with van der Waals surface area (Å²) in [5, 5.41) is 2.70. The fourth-order valence-corrected chi connectivity index (χ4v) is 1.73. The molecule has 7 heteroatoms. The first-order valence-corrected chi connectivity index (χ1v) is 6.42. The molecule has 1 aromatic carbocycles. The summed E-state index contributed by atoms with van der Waals surface area (Å²) in [4.78, 5) is 11.9. The second-order valence-corrected chi connectivity index (χ2v) is 4.92. The van der Waals surface area contributed by atoms with Gasteiger partial charge >= 0.3 is 6.61 Å². The molecule has 2 unspecified atom stereocenters. The highest BCUT2D eigenvalue weighted by atomic mass is 35.5. The van der Waals surface area contributed by atoms with Crippen LogP contribution in [0.1, 0.15) is 32.4 Å². The largest absolute Gasteiger partial charge is 0.434 e. The third-order valence-electron chi connectivity index (χ3n) is 2.98. The van der Waals surface area contributed by atoms with Crippen molar-refractivity contribution in [2.24, 2.45) is 11.7 Å². The first-order valence-electron chi connectivity index (χ1n) is 6.42. The number of carbonyl (C=O) groups excluding carboxylic acids is 1. The molecule has 0 aromatic heterocycles. The first-order chi connectivity index (χ1) is 9.32. The Kier molecular flexibility index (Phi) is 8.21. The van der Waals surface area contributed by atoms with E-state index in [9.17, 15) is 13.6 Å². The monoisotopic (exact) mass is 322 g/mol. The van der Waals surface area contributed by atoms with Crippen LogP contribution in [0.25, 0.3) is 0 Å². The van der Waals surface area contributed by atoms with Gasteiger partial charge in [-0.3, -0.25) is 4.79 Å². The average Bonchev–Trinajstić information content (AvgIpc) is 2.37. The molecule has 0 aliphatic carbocycles. The van der Waals surface area contributed by atoms with Crippen molar-refractivity contribution < 1.29 is 18.3 Å². The van der Waals surface area contributed by atoms with Crippen molar-refractivity contribution in [2.45, 2.75) is 39.5 Å². The molecule has 0 saturated carbocycles. The Morgan fingerprint density at radius 2 is 1.81 bits per heavy atom. The van der Waals surface area contributed by atoms with E-state index in [1.807, 2.05) is 13.8 Å². The summed E-state index contributed by atoms with van der Waals surface area (Å²) in [5.41, 5.74) is 6.23. The summed E-state index contributed by atoms with van der Waals surface area (Å²) >= 11 is 0. The van der Waals surface area contributed by atoms with Gasteiger partial charge in [0.05, 0.1) is 12.1 Å². The fraction of sp³-hybridized carbons (Fsp3) is 0.500. The van der Waals surface area contributed by atoms with E-state index in [1.54, 1.807) is 25.1 Å². The Bertz CT molecular complexity index is 458. The number of halogens is 3. The molecule has 0 fully saturated rings. The third-order valence-corrected chi connectivity index (χ3v) is 2.98. The van der Waals surface area contributed by atoms with Crippen LogP contribution in [0, 0.1) is 5.92 Å². The molecular formula is C14H21ClF2N2O2. The molecule has 0 heterocycles. The molecule has 1 amide bonds. The molecule has 2 atom stereocenters. The number of rotatable bonds is 6. The van der Waals surface area contributed by atoms with Crippen molar-refractivity contribution in [2.75, 3.05) is 0 Å². The highest BCUT2D eigenvalue weighted by molar-refractivity contribution is 5.85. The van der Waals surface area contributed by atoms with Crippen LogP contribution in [-0.4, -0.2) is 18.6 Å². The summed E-state index contributed by atoms with van der Waals surface area (Å²) in [6, 6.07) is 5.24. The Morgan fingerprint density at radius 3 is 2.33 bits per heavy atom. The maximum absolute atomic E-state index is 12.3. The Hall–Kier alpha value is -1.40. The van der Waals surface area contributed by atoms with Gasteiger partial charge in [0.2, 0.25) is 5.91 Å². The third kappa shape index (κ3) is 5.85. The number of alkyl halides is 2. The Labute approximate surface area is 129 Å². The summed E-state index contributed by atoms with van der Waals surface area (Å²) < 4.78 is 29.1. The standard InChI is InChI=1S/C14H20F2N2O2.ClH/c1-8(2)12(17)13(19)18-9(3)10-6-4-5-7-11(10)20-14(15)16;/h4-9,12,14H,17H2,1-3H3,(H,18,19);1H. The van der Waals surface area contributed by atoms with Gasteiger partial charge in [-0.05, 0) is 18.9 Å². The van der Waals surface area contributed by atoms with Gasteiger partial charge in [0.1, 0.15) is 5.75 Å². The molecule has 3 N–H and O–H groups in total. The van der Waals surface area contributed by atoms with E-state index < -0.39 is 18.7 Å². The number of hydrogen-bond donors (Lipinski definition) is 2. The smallest absolute Gasteiger partial charge is 0.387 e. The summed E-state index contributed by atoms with van der Waals surface area (Å²) in [7, 11) is 0. The minimum absolute atomic E-state index is 0. The minimum atomic E-state index is -2.91. The van der Waals surface area contributed by atoms with E-state index in [1.165, 1.54) is 6.07 Å². The predicted molar refractivity (Wildman–Crippen MR) is 79.7 cm³/mol. The van der Waals surface area contributed by atoms with Gasteiger partial charge in [-0.15, -0.1) is 12.4 Å². The predicted octanol–water partition coefficient (Wildman–Crippen LogP) is 2.87. The van der Waals surface area contributed by atoms with Crippen molar-refractivity contribution in [1.29, 1.82) is 0 Å². The molecule has 0 saturated heterocycles. The Morgan fingerprint density at radius 1 is 1.24 bits per heavy atom. The number of nitrogens with two attached hydrogens (primary N) is 1. The molecule has 0 aliphatic rings. The van der Waals surface area contributed by atoms with Crippen LogP contribution < -0.4 is 15.8 Å². The molecule has 1 rings (SSSR count). The quantitative estimate of drug-likeness (QED) is 0.846. The molecule has 21 heavy (non-hydrogen) atoms. The van der Waals surface area contributed by atoms with Crippen molar-refractivity contribution >= 4 is 18.3 Å². The zero-order valence-corrected chi connectivity index (χ0v) is 13.0. The van der Waals surface area contributed by atoms with Gasteiger partial charge in [-0.1, -0.05) is 32.0 Å². The van der Waals surface area contributed by atoms with Crippen LogP contribution >= 0.6 is 12.4 Å². The van der Waals surface area contributed by atoms with Gasteiger partial charge in [-0.2, -0.15) is 8.78 Å². The van der Waals surface area contributed by atoms with E-state index in [2.05, 4.69) is 10.1 Å². The van der Waals surface area contributed by atoms with Gasteiger partial charge < -0.3 is 15.8 Å². The second kappa shape index (κ2) is 8.79. The molecule has 4 nitrogen and oxygen atoms in total. The normalized spacial score (nSPS) is 13.5. The average molecular weight is 323 g/mol. The lowest BCUT2D eigenvalue weighted by Gasteiger charge is -2.21. The second-order valence-electron chi connectivity index (χ2n) is 4.92. The molecule has 0 radical (unpaired) electrons. The zero-order valence-electron chi connectivity index (χ0n) is 12.2. The molecule has 0 aliphatic heterocycles. The van der Waals surface area contributed by atoms with E-state index in [4.69, 9.17) is 5.73 Å². The van der Waals surface area contributed by atoms with Crippen molar-refractivity contribution in [3.8, 4) is 5.75 Å². The summed E-state index contributed by atoms with van der Waals surface area (Å²) in [6.07, 6.45) is 0. The number of ether oxygens (including phenoxy) is 1. The SMILES string of the molecule is CC(NC(=O)C(N)C(C)C)c1ccccc1OC(F)F.Cl. The maximum Gasteiger partial charge on any atom is 0.387 e. The van der Waals surface area contributed by atoms with Crippen LogP contribution in [-0.2, 0) is 4.79 Å². The maximum atomic E-state index is 12.3. The lowest BCUT2D eigenvalue weighted by atomic mass is 10.0. The van der Waals surface area contributed by atoms with Crippen LogP contribution in [0.2, 0.25) is 0 Å². The number of nitrogens with one attached hydrogen (secondary N) is 1. The van der Waals surface area contributed by atoms with Gasteiger partial charge in [0.15, 0.2) is 0 Å². The molecular weight excluding hydrogens is 302 g/mol. The number of para-hydroxylation sites is 1. The van der Waals surface area contributed by atoms with Crippen LogP contribution in [0.15, 0.2) is 24.3 Å². The van der Waals surface area contributed by atoms with E-state index >= 15 is 0 Å². The van der Waals surface area contributed by atoms with Crippen LogP contribution in [0.3, 0.4) is 0 Å². The lowest BCUT2D eigenvalue weighted by molar-refractivity contribution is -0.123. The summed E-state index contributed by atoms with van der Waals surface area (Å²) in [5.74, 6) is -0.275. The fourth-order valence-electron chi connectivity index (χ4n) is 1.73. The number of carbonyl (C=O) groups is 1. The summed E-state index contributed by atoms with van der Waals surface area (Å²) in [6.45, 7) is 2.46.